The Labute approximate surface area is 170 Å². The van der Waals surface area contributed by atoms with Crippen LogP contribution in [0.2, 0.25) is 0 Å². The molecule has 7 heteroatoms. The minimum absolute atomic E-state index is 0.512. The highest BCUT2D eigenvalue weighted by molar-refractivity contribution is 5.69. The summed E-state index contributed by atoms with van der Waals surface area (Å²) >= 11 is 0. The highest BCUT2D eigenvalue weighted by atomic mass is 16.5. The summed E-state index contributed by atoms with van der Waals surface area (Å²) in [5.74, 6) is 0.512. The number of hydrogen-bond donors (Lipinski definition) is 2. The van der Waals surface area contributed by atoms with Crippen LogP contribution in [0.15, 0.2) is 54.7 Å². The van der Waals surface area contributed by atoms with Crippen molar-refractivity contribution in [3.63, 3.8) is 0 Å². The maximum atomic E-state index is 9.34. The van der Waals surface area contributed by atoms with Crippen molar-refractivity contribution in [2.24, 2.45) is 0 Å². The molecule has 0 radical (unpaired) electrons. The van der Waals surface area contributed by atoms with E-state index in [1.807, 2.05) is 36.4 Å². The van der Waals surface area contributed by atoms with E-state index in [0.717, 1.165) is 48.9 Å². The van der Waals surface area contributed by atoms with Crippen molar-refractivity contribution < 1.29 is 4.74 Å². The van der Waals surface area contributed by atoms with Gasteiger partial charge in [0.25, 0.3) is 0 Å². The molecule has 1 aliphatic heterocycles. The fourth-order valence-corrected chi connectivity index (χ4v) is 3.30. The second-order valence-corrected chi connectivity index (χ2v) is 6.66. The van der Waals surface area contributed by atoms with Crippen molar-refractivity contribution >= 4 is 23.0 Å². The van der Waals surface area contributed by atoms with Crippen molar-refractivity contribution in [1.82, 2.24) is 9.97 Å². The van der Waals surface area contributed by atoms with Crippen molar-refractivity contribution in [1.29, 1.82) is 5.26 Å². The lowest BCUT2D eigenvalue weighted by Crippen LogP contribution is -2.36. The SMILES string of the molecule is CNc1ccc(-c2ccnc(Nc3ccc(N4CCOCC4)cc3)n2)cc1C#N. The molecule has 0 amide bonds. The van der Waals surface area contributed by atoms with Crippen LogP contribution in [0.4, 0.5) is 23.0 Å². The Kier molecular flexibility index (Phi) is 5.54. The van der Waals surface area contributed by atoms with Gasteiger partial charge >= 0.3 is 0 Å². The number of ether oxygens (including phenoxy) is 1. The molecule has 1 saturated heterocycles. The number of anilines is 4. The molecule has 1 aromatic heterocycles. The molecule has 0 atom stereocenters. The first-order chi connectivity index (χ1) is 14.3. The van der Waals surface area contributed by atoms with Gasteiger partial charge in [-0.05, 0) is 42.5 Å². The van der Waals surface area contributed by atoms with Gasteiger partial charge in [-0.2, -0.15) is 5.26 Å². The number of nitrogens with one attached hydrogen (secondary N) is 2. The second-order valence-electron chi connectivity index (χ2n) is 6.66. The molecule has 0 unspecified atom stereocenters. The molecule has 2 heterocycles. The van der Waals surface area contributed by atoms with E-state index in [9.17, 15) is 5.26 Å². The molecule has 2 N–H and O–H groups in total. The Hall–Kier alpha value is -3.63. The summed E-state index contributed by atoms with van der Waals surface area (Å²) in [4.78, 5) is 11.2. The number of aromatic nitrogens is 2. The number of nitriles is 1. The Morgan fingerprint density at radius 1 is 1.07 bits per heavy atom. The lowest BCUT2D eigenvalue weighted by Gasteiger charge is -2.28. The zero-order valence-electron chi connectivity index (χ0n) is 16.2. The summed E-state index contributed by atoms with van der Waals surface area (Å²) in [6.07, 6.45) is 1.71. The molecule has 29 heavy (non-hydrogen) atoms. The quantitative estimate of drug-likeness (QED) is 0.692. The van der Waals surface area contributed by atoms with Crippen LogP contribution in [0, 0.1) is 11.3 Å². The lowest BCUT2D eigenvalue weighted by atomic mass is 10.1. The van der Waals surface area contributed by atoms with Gasteiger partial charge in [0.15, 0.2) is 0 Å². The zero-order valence-corrected chi connectivity index (χ0v) is 16.2. The third-order valence-corrected chi connectivity index (χ3v) is 4.86. The van der Waals surface area contributed by atoms with Gasteiger partial charge in [-0.25, -0.2) is 9.97 Å². The first kappa shape index (κ1) is 18.7. The summed E-state index contributed by atoms with van der Waals surface area (Å²) < 4.78 is 5.41. The standard InChI is InChI=1S/C22H22N6O/c1-24-20-7-2-16(14-17(20)15-23)21-8-9-25-22(27-21)26-18-3-5-19(6-4-18)28-10-12-29-13-11-28/h2-9,14,24H,10-13H2,1H3,(H,25,26,27). The highest BCUT2D eigenvalue weighted by Gasteiger charge is 2.11. The lowest BCUT2D eigenvalue weighted by molar-refractivity contribution is 0.122. The van der Waals surface area contributed by atoms with E-state index in [2.05, 4.69) is 43.7 Å². The summed E-state index contributed by atoms with van der Waals surface area (Å²) in [6, 6.07) is 17.9. The number of benzene rings is 2. The molecule has 0 spiro atoms. The Morgan fingerprint density at radius 2 is 1.86 bits per heavy atom. The van der Waals surface area contributed by atoms with Crippen LogP contribution in [0.5, 0.6) is 0 Å². The van der Waals surface area contributed by atoms with Crippen LogP contribution < -0.4 is 15.5 Å². The van der Waals surface area contributed by atoms with Gasteiger partial charge in [-0.15, -0.1) is 0 Å². The van der Waals surface area contributed by atoms with Crippen LogP contribution in [0.1, 0.15) is 5.56 Å². The van der Waals surface area contributed by atoms with Gasteiger partial charge in [-0.1, -0.05) is 6.07 Å². The summed E-state index contributed by atoms with van der Waals surface area (Å²) in [7, 11) is 1.80. The average Bonchev–Trinajstić information content (AvgIpc) is 2.80. The van der Waals surface area contributed by atoms with Gasteiger partial charge in [0, 0.05) is 43.3 Å². The molecular weight excluding hydrogens is 364 g/mol. The van der Waals surface area contributed by atoms with Crippen LogP contribution in [-0.4, -0.2) is 43.3 Å². The third-order valence-electron chi connectivity index (χ3n) is 4.86. The molecule has 0 bridgehead atoms. The van der Waals surface area contributed by atoms with E-state index in [4.69, 9.17) is 4.74 Å². The van der Waals surface area contributed by atoms with Crippen LogP contribution in [0.25, 0.3) is 11.3 Å². The number of hydrogen-bond acceptors (Lipinski definition) is 7. The van der Waals surface area contributed by atoms with Gasteiger partial charge in [-0.3, -0.25) is 0 Å². The third kappa shape index (κ3) is 4.28. The molecule has 7 nitrogen and oxygen atoms in total. The molecular formula is C22H22N6O. The Morgan fingerprint density at radius 3 is 2.59 bits per heavy atom. The monoisotopic (exact) mass is 386 g/mol. The van der Waals surface area contributed by atoms with Gasteiger partial charge in [0.2, 0.25) is 5.95 Å². The first-order valence-electron chi connectivity index (χ1n) is 9.52. The van der Waals surface area contributed by atoms with Crippen molar-refractivity contribution in [2.75, 3.05) is 48.9 Å². The number of rotatable bonds is 5. The minimum Gasteiger partial charge on any atom is -0.387 e. The van der Waals surface area contributed by atoms with Crippen molar-refractivity contribution in [3.8, 4) is 17.3 Å². The maximum Gasteiger partial charge on any atom is 0.227 e. The first-order valence-corrected chi connectivity index (χ1v) is 9.52. The molecule has 1 aliphatic rings. The molecule has 4 rings (SSSR count). The Bertz CT molecular complexity index is 1020. The summed E-state index contributed by atoms with van der Waals surface area (Å²) in [5.41, 5.74) is 5.10. The number of morpholine rings is 1. The fraction of sp³-hybridized carbons (Fsp3) is 0.227. The molecule has 3 aromatic rings. The van der Waals surface area contributed by atoms with E-state index in [-0.39, 0.29) is 0 Å². The largest absolute Gasteiger partial charge is 0.387 e. The smallest absolute Gasteiger partial charge is 0.227 e. The molecule has 0 saturated carbocycles. The predicted octanol–water partition coefficient (Wildman–Crippen LogP) is 3.64. The van der Waals surface area contributed by atoms with Crippen LogP contribution in [-0.2, 0) is 4.74 Å². The minimum atomic E-state index is 0.512. The van der Waals surface area contributed by atoms with Crippen LogP contribution >= 0.6 is 0 Å². The summed E-state index contributed by atoms with van der Waals surface area (Å²) in [5, 5.41) is 15.6. The topological polar surface area (TPSA) is 86.1 Å². The second kappa shape index (κ2) is 8.59. The van der Waals surface area contributed by atoms with Gasteiger partial charge in [0.05, 0.1) is 30.2 Å². The van der Waals surface area contributed by atoms with Crippen LogP contribution in [0.3, 0.4) is 0 Å². The average molecular weight is 386 g/mol. The van der Waals surface area contributed by atoms with E-state index >= 15 is 0 Å². The van der Waals surface area contributed by atoms with E-state index in [1.165, 1.54) is 5.69 Å². The molecule has 1 fully saturated rings. The summed E-state index contributed by atoms with van der Waals surface area (Å²) in [6.45, 7) is 3.36. The van der Waals surface area contributed by atoms with E-state index in [0.29, 0.717) is 11.5 Å². The van der Waals surface area contributed by atoms with Gasteiger partial charge in [0.1, 0.15) is 6.07 Å². The predicted molar refractivity (Wildman–Crippen MR) is 114 cm³/mol. The highest BCUT2D eigenvalue weighted by Crippen LogP contribution is 2.25. The van der Waals surface area contributed by atoms with Crippen molar-refractivity contribution in [3.05, 3.63) is 60.3 Å². The van der Waals surface area contributed by atoms with Gasteiger partial charge < -0.3 is 20.3 Å². The zero-order chi connectivity index (χ0) is 20.1. The normalized spacial score (nSPS) is 13.6. The van der Waals surface area contributed by atoms with Crippen molar-refractivity contribution in [2.45, 2.75) is 0 Å². The van der Waals surface area contributed by atoms with E-state index in [1.54, 1.807) is 13.2 Å². The molecule has 2 aromatic carbocycles. The molecule has 0 aliphatic carbocycles. The fourth-order valence-electron chi connectivity index (χ4n) is 3.30. The maximum absolute atomic E-state index is 9.34. The number of nitrogens with zero attached hydrogens (tertiary/aromatic N) is 4. The van der Waals surface area contributed by atoms with E-state index < -0.39 is 0 Å². The molecule has 146 valence electrons. The Balaban J connectivity index is 1.51.